The van der Waals surface area contributed by atoms with Crippen LogP contribution in [0.3, 0.4) is 0 Å². The molecule has 3 rings (SSSR count). The van der Waals surface area contributed by atoms with E-state index in [9.17, 15) is 4.79 Å². The summed E-state index contributed by atoms with van der Waals surface area (Å²) in [5, 5.41) is 11.1. The Bertz CT molecular complexity index is 672. The highest BCUT2D eigenvalue weighted by atomic mass is 32.2. The van der Waals surface area contributed by atoms with Crippen LogP contribution in [0.5, 0.6) is 0 Å². The van der Waals surface area contributed by atoms with Crippen LogP contribution in [0.25, 0.3) is 0 Å². The maximum atomic E-state index is 12.0. The van der Waals surface area contributed by atoms with Gasteiger partial charge in [-0.1, -0.05) is 40.9 Å². The molecule has 1 amide bonds. The summed E-state index contributed by atoms with van der Waals surface area (Å²) in [6, 6.07) is 6.26. The molecule has 1 heterocycles. The van der Waals surface area contributed by atoms with Gasteiger partial charge in [-0.2, -0.15) is 0 Å². The van der Waals surface area contributed by atoms with Crippen molar-refractivity contribution in [2.45, 2.75) is 34.4 Å². The van der Waals surface area contributed by atoms with Crippen molar-refractivity contribution in [2.75, 3.05) is 17.3 Å². The number of nitrogens with one attached hydrogen (secondary N) is 1. The summed E-state index contributed by atoms with van der Waals surface area (Å²) in [6.45, 7) is 0. The van der Waals surface area contributed by atoms with Crippen molar-refractivity contribution in [3.05, 3.63) is 29.3 Å². The molecule has 0 saturated heterocycles. The van der Waals surface area contributed by atoms with E-state index >= 15 is 0 Å². The van der Waals surface area contributed by atoms with Crippen LogP contribution < -0.4 is 5.32 Å². The zero-order valence-electron chi connectivity index (χ0n) is 12.3. The van der Waals surface area contributed by atoms with E-state index in [0.717, 1.165) is 26.5 Å². The van der Waals surface area contributed by atoms with Gasteiger partial charge in [0.2, 0.25) is 5.91 Å². The molecule has 1 aliphatic carbocycles. The third-order valence-corrected chi connectivity index (χ3v) is 6.53. The van der Waals surface area contributed by atoms with Crippen molar-refractivity contribution in [1.82, 2.24) is 10.2 Å². The summed E-state index contributed by atoms with van der Waals surface area (Å²) in [5.74, 6) is 0.778. The largest absolute Gasteiger partial charge is 0.326 e. The molecule has 116 valence electrons. The molecule has 0 saturated carbocycles. The van der Waals surface area contributed by atoms with Gasteiger partial charge in [0.05, 0.1) is 0 Å². The summed E-state index contributed by atoms with van der Waals surface area (Å²) in [4.78, 5) is 12.0. The van der Waals surface area contributed by atoms with Gasteiger partial charge in [-0.15, -0.1) is 10.2 Å². The van der Waals surface area contributed by atoms with E-state index in [-0.39, 0.29) is 5.91 Å². The van der Waals surface area contributed by atoms with E-state index in [1.54, 1.807) is 34.9 Å². The van der Waals surface area contributed by atoms with Crippen LogP contribution >= 0.6 is 34.9 Å². The van der Waals surface area contributed by atoms with Crippen LogP contribution in [0, 0.1) is 0 Å². The van der Waals surface area contributed by atoms with Crippen molar-refractivity contribution in [3.63, 3.8) is 0 Å². The van der Waals surface area contributed by atoms with Crippen LogP contribution in [0.15, 0.2) is 26.9 Å². The fourth-order valence-corrected chi connectivity index (χ4v) is 4.89. The Morgan fingerprint density at radius 2 is 2.09 bits per heavy atom. The first-order valence-electron chi connectivity index (χ1n) is 7.16. The number of aromatic nitrogens is 2. The first-order chi connectivity index (χ1) is 10.7. The maximum absolute atomic E-state index is 12.0. The van der Waals surface area contributed by atoms with Crippen molar-refractivity contribution >= 4 is 46.5 Å². The van der Waals surface area contributed by atoms with Gasteiger partial charge in [-0.3, -0.25) is 4.79 Å². The molecule has 0 unspecified atom stereocenters. The third-order valence-electron chi connectivity index (χ3n) is 3.50. The Labute approximate surface area is 142 Å². The molecule has 7 heteroatoms. The van der Waals surface area contributed by atoms with Gasteiger partial charge >= 0.3 is 0 Å². The summed E-state index contributed by atoms with van der Waals surface area (Å²) in [5.41, 5.74) is 3.72. The summed E-state index contributed by atoms with van der Waals surface area (Å²) in [7, 11) is 0. The van der Waals surface area contributed by atoms with Gasteiger partial charge in [0.25, 0.3) is 0 Å². The minimum atomic E-state index is 0.0556. The minimum Gasteiger partial charge on any atom is -0.326 e. The maximum Gasteiger partial charge on any atom is 0.225 e. The quantitative estimate of drug-likeness (QED) is 0.801. The zero-order valence-corrected chi connectivity index (χ0v) is 14.7. The molecule has 0 bridgehead atoms. The molecule has 1 aliphatic rings. The molecule has 2 aromatic rings. The first kappa shape index (κ1) is 15.8. The van der Waals surface area contributed by atoms with Crippen molar-refractivity contribution in [2.24, 2.45) is 0 Å². The molecule has 1 aromatic carbocycles. The molecule has 1 N–H and O–H groups in total. The number of rotatable bonds is 6. The smallest absolute Gasteiger partial charge is 0.225 e. The van der Waals surface area contributed by atoms with Gasteiger partial charge in [-0.25, -0.2) is 0 Å². The number of thioether (sulfide) groups is 2. The number of aryl methyl sites for hydroxylation is 2. The highest BCUT2D eigenvalue weighted by molar-refractivity contribution is 8.02. The predicted octanol–water partition coefficient (Wildman–Crippen LogP) is 3.87. The topological polar surface area (TPSA) is 54.9 Å². The second kappa shape index (κ2) is 7.48. The lowest BCUT2D eigenvalue weighted by Gasteiger charge is -2.07. The predicted molar refractivity (Wildman–Crippen MR) is 94.1 cm³/mol. The normalized spacial score (nSPS) is 13.1. The number of hydrogen-bond acceptors (Lipinski definition) is 6. The standard InChI is InChI=1S/C15H17N3OS3/c1-20-14-17-18-15(22-14)21-8-7-13(19)16-12-6-5-10-3-2-4-11(10)9-12/h5-6,9H,2-4,7-8H2,1H3,(H,16,19). The molecule has 0 atom stereocenters. The van der Waals surface area contributed by atoms with Gasteiger partial charge in [0.1, 0.15) is 0 Å². The van der Waals surface area contributed by atoms with Crippen LogP contribution in [0.4, 0.5) is 5.69 Å². The Morgan fingerprint density at radius 3 is 2.91 bits per heavy atom. The molecule has 4 nitrogen and oxygen atoms in total. The summed E-state index contributed by atoms with van der Waals surface area (Å²) >= 11 is 4.75. The number of carbonyl (C=O) groups is 1. The number of anilines is 1. The van der Waals surface area contributed by atoms with Crippen LogP contribution in [0.2, 0.25) is 0 Å². The van der Waals surface area contributed by atoms with Crippen molar-refractivity contribution < 1.29 is 4.79 Å². The Balaban J connectivity index is 1.46. The number of carbonyl (C=O) groups excluding carboxylic acids is 1. The monoisotopic (exact) mass is 351 g/mol. The van der Waals surface area contributed by atoms with Gasteiger partial charge in [-0.05, 0) is 48.8 Å². The lowest BCUT2D eigenvalue weighted by atomic mass is 10.1. The number of hydrogen-bond donors (Lipinski definition) is 1. The molecule has 0 radical (unpaired) electrons. The molecule has 1 aromatic heterocycles. The number of benzene rings is 1. The van der Waals surface area contributed by atoms with E-state index < -0.39 is 0 Å². The van der Waals surface area contributed by atoms with E-state index in [2.05, 4.69) is 27.6 Å². The minimum absolute atomic E-state index is 0.0556. The van der Waals surface area contributed by atoms with E-state index in [1.165, 1.54) is 24.0 Å². The number of fused-ring (bicyclic) bond motifs is 1. The molecular formula is C15H17N3OS3. The van der Waals surface area contributed by atoms with Crippen LogP contribution in [0.1, 0.15) is 24.0 Å². The summed E-state index contributed by atoms with van der Waals surface area (Å²) < 4.78 is 1.89. The Kier molecular flexibility index (Phi) is 5.38. The Hall–Kier alpha value is -1.05. The van der Waals surface area contributed by atoms with Gasteiger partial charge in [0, 0.05) is 17.9 Å². The fraction of sp³-hybridized carbons (Fsp3) is 0.400. The van der Waals surface area contributed by atoms with Crippen molar-refractivity contribution in [1.29, 1.82) is 0 Å². The first-order valence-corrected chi connectivity index (χ1v) is 10.2. The summed E-state index contributed by atoms with van der Waals surface area (Å²) in [6.07, 6.45) is 5.99. The SMILES string of the molecule is CSc1nnc(SCCC(=O)Nc2ccc3c(c2)CCC3)s1. The Morgan fingerprint density at radius 1 is 1.27 bits per heavy atom. The van der Waals surface area contributed by atoms with Crippen LogP contribution in [-0.2, 0) is 17.6 Å². The molecule has 0 fully saturated rings. The zero-order chi connectivity index (χ0) is 15.4. The lowest BCUT2D eigenvalue weighted by molar-refractivity contribution is -0.115. The number of nitrogens with zero attached hydrogens (tertiary/aromatic N) is 2. The van der Waals surface area contributed by atoms with Gasteiger partial charge < -0.3 is 5.32 Å². The highest BCUT2D eigenvalue weighted by Gasteiger charge is 2.12. The lowest BCUT2D eigenvalue weighted by Crippen LogP contribution is -2.12. The average molecular weight is 352 g/mol. The molecule has 22 heavy (non-hydrogen) atoms. The van der Waals surface area contributed by atoms with E-state index in [0.29, 0.717) is 6.42 Å². The highest BCUT2D eigenvalue weighted by Crippen LogP contribution is 2.28. The number of amides is 1. The molecule has 0 spiro atoms. The van der Waals surface area contributed by atoms with Crippen LogP contribution in [-0.4, -0.2) is 28.1 Å². The van der Waals surface area contributed by atoms with E-state index in [4.69, 9.17) is 0 Å². The van der Waals surface area contributed by atoms with E-state index in [1.807, 2.05) is 12.3 Å². The fourth-order valence-electron chi connectivity index (χ4n) is 2.44. The second-order valence-electron chi connectivity index (χ2n) is 5.02. The average Bonchev–Trinajstić information content (AvgIpc) is 3.15. The second-order valence-corrected chi connectivity index (χ2v) is 8.39. The molecule has 0 aliphatic heterocycles. The third kappa shape index (κ3) is 4.02. The van der Waals surface area contributed by atoms with Crippen molar-refractivity contribution in [3.8, 4) is 0 Å². The van der Waals surface area contributed by atoms with Gasteiger partial charge in [0.15, 0.2) is 8.68 Å². The molecular weight excluding hydrogens is 334 g/mol.